The largest absolute Gasteiger partial charge is 0.497 e. The molecule has 0 radical (unpaired) electrons. The summed E-state index contributed by atoms with van der Waals surface area (Å²) in [4.78, 5) is 7.28. The number of rotatable bonds is 2. The number of hydrogen-bond donors (Lipinski definition) is 2. The second-order valence-electron chi connectivity index (χ2n) is 3.06. The molecule has 1 heterocycles. The lowest BCUT2D eigenvalue weighted by Gasteiger charge is -1.96. The van der Waals surface area contributed by atoms with Crippen LogP contribution < -0.4 is 0 Å². The van der Waals surface area contributed by atoms with Crippen molar-refractivity contribution in [3.8, 4) is 0 Å². The third kappa shape index (κ3) is 1.56. The first-order valence-corrected chi connectivity index (χ1v) is 4.44. The highest BCUT2D eigenvalue weighted by Crippen LogP contribution is 2.17. The Balaban J connectivity index is 2.40. The molecule has 4 nitrogen and oxygen atoms in total. The fourth-order valence-corrected chi connectivity index (χ4v) is 1.43. The first-order valence-electron chi connectivity index (χ1n) is 4.44. The minimum absolute atomic E-state index is 0.0626. The van der Waals surface area contributed by atoms with Gasteiger partial charge in [0, 0.05) is 18.2 Å². The molecule has 1 aromatic rings. The normalized spacial score (nSPS) is 14.6. The van der Waals surface area contributed by atoms with Gasteiger partial charge in [0.15, 0.2) is 0 Å². The zero-order chi connectivity index (χ0) is 9.97. The van der Waals surface area contributed by atoms with Gasteiger partial charge in [-0.1, -0.05) is 6.08 Å². The molecule has 2 rings (SSSR count). The van der Waals surface area contributed by atoms with E-state index in [1.54, 1.807) is 7.11 Å². The highest BCUT2D eigenvalue weighted by atomic mass is 16.5. The monoisotopic (exact) mass is 192 g/mol. The lowest BCUT2D eigenvalue weighted by Crippen LogP contribution is -1.86. The molecule has 1 aliphatic rings. The molecule has 1 aromatic heterocycles. The number of aliphatic hydroxyl groups excluding tert-OH is 1. The Hall–Kier alpha value is -1.55. The highest BCUT2D eigenvalue weighted by Gasteiger charge is 2.09. The van der Waals surface area contributed by atoms with Crippen molar-refractivity contribution in [2.45, 2.75) is 13.0 Å². The summed E-state index contributed by atoms with van der Waals surface area (Å²) < 4.78 is 5.13. The van der Waals surface area contributed by atoms with Crippen LogP contribution in [0, 0.1) is 0 Å². The number of aliphatic hydroxyl groups is 1. The van der Waals surface area contributed by atoms with E-state index in [1.807, 2.05) is 18.2 Å². The Morgan fingerprint density at radius 2 is 2.50 bits per heavy atom. The topological polar surface area (TPSA) is 58.1 Å². The zero-order valence-electron chi connectivity index (χ0n) is 7.95. The van der Waals surface area contributed by atoms with Crippen LogP contribution in [0.3, 0.4) is 0 Å². The lowest BCUT2D eigenvalue weighted by atomic mass is 10.2. The molecule has 0 spiro atoms. The summed E-state index contributed by atoms with van der Waals surface area (Å²) in [6, 6.07) is 0. The van der Waals surface area contributed by atoms with Crippen LogP contribution in [0.15, 0.2) is 17.9 Å². The lowest BCUT2D eigenvalue weighted by molar-refractivity contribution is 0.272. The second kappa shape index (κ2) is 3.67. The minimum atomic E-state index is -0.0626. The fraction of sp³-hybridized carbons (Fsp3) is 0.300. The number of aromatic amines is 1. The summed E-state index contributed by atoms with van der Waals surface area (Å²) in [5.41, 5.74) is 1.85. The van der Waals surface area contributed by atoms with E-state index in [2.05, 4.69) is 9.97 Å². The summed E-state index contributed by atoms with van der Waals surface area (Å²) in [6.45, 7) is -0.0626. The maximum absolute atomic E-state index is 8.92. The van der Waals surface area contributed by atoms with Gasteiger partial charge in [-0.15, -0.1) is 0 Å². The van der Waals surface area contributed by atoms with Crippen molar-refractivity contribution >= 4 is 6.08 Å². The molecule has 1 aliphatic carbocycles. The van der Waals surface area contributed by atoms with E-state index in [0.29, 0.717) is 5.82 Å². The van der Waals surface area contributed by atoms with Crippen molar-refractivity contribution in [1.29, 1.82) is 0 Å². The number of imidazole rings is 1. The number of aromatic nitrogens is 2. The predicted molar refractivity (Wildman–Crippen MR) is 52.3 cm³/mol. The van der Waals surface area contributed by atoms with E-state index in [9.17, 15) is 0 Å². The van der Waals surface area contributed by atoms with Crippen LogP contribution >= 0.6 is 0 Å². The Kier molecular flexibility index (Phi) is 2.37. The average Bonchev–Trinajstić information content (AvgIpc) is 2.50. The predicted octanol–water partition coefficient (Wildman–Crippen LogP) is 1.00. The van der Waals surface area contributed by atoms with Crippen molar-refractivity contribution in [2.24, 2.45) is 0 Å². The van der Waals surface area contributed by atoms with Gasteiger partial charge in [-0.3, -0.25) is 0 Å². The molecule has 0 bridgehead atoms. The molecule has 0 unspecified atom stereocenters. The zero-order valence-corrected chi connectivity index (χ0v) is 7.95. The summed E-state index contributed by atoms with van der Waals surface area (Å²) >= 11 is 0. The number of allylic oxidation sites excluding steroid dienone is 2. The smallest absolute Gasteiger partial charge is 0.132 e. The SMILES string of the molecule is COC1=Cc2nc(CO)[nH]c2CC=C1. The molecule has 0 saturated carbocycles. The molecular weight excluding hydrogens is 180 g/mol. The Morgan fingerprint density at radius 1 is 1.64 bits per heavy atom. The molecule has 0 aliphatic heterocycles. The van der Waals surface area contributed by atoms with Gasteiger partial charge in [0.05, 0.1) is 12.8 Å². The first-order chi connectivity index (χ1) is 6.83. The van der Waals surface area contributed by atoms with Crippen molar-refractivity contribution < 1.29 is 9.84 Å². The molecular formula is C10H12N2O2. The van der Waals surface area contributed by atoms with E-state index >= 15 is 0 Å². The van der Waals surface area contributed by atoms with E-state index in [0.717, 1.165) is 23.6 Å². The molecule has 0 saturated heterocycles. The van der Waals surface area contributed by atoms with Crippen LogP contribution in [-0.4, -0.2) is 22.2 Å². The molecule has 14 heavy (non-hydrogen) atoms. The van der Waals surface area contributed by atoms with E-state index in [4.69, 9.17) is 9.84 Å². The van der Waals surface area contributed by atoms with Crippen molar-refractivity contribution in [3.63, 3.8) is 0 Å². The van der Waals surface area contributed by atoms with E-state index in [-0.39, 0.29) is 6.61 Å². The summed E-state index contributed by atoms with van der Waals surface area (Å²) in [5, 5.41) is 8.92. The molecule has 0 aromatic carbocycles. The number of nitrogens with zero attached hydrogens (tertiary/aromatic N) is 1. The van der Waals surface area contributed by atoms with Crippen LogP contribution in [0.25, 0.3) is 6.08 Å². The van der Waals surface area contributed by atoms with Crippen LogP contribution in [0.2, 0.25) is 0 Å². The maximum Gasteiger partial charge on any atom is 0.132 e. The fourth-order valence-electron chi connectivity index (χ4n) is 1.43. The van der Waals surface area contributed by atoms with Crippen LogP contribution in [-0.2, 0) is 17.8 Å². The number of fused-ring (bicyclic) bond motifs is 1. The molecule has 4 heteroatoms. The van der Waals surface area contributed by atoms with Gasteiger partial charge >= 0.3 is 0 Å². The Morgan fingerprint density at radius 3 is 3.21 bits per heavy atom. The van der Waals surface area contributed by atoms with Crippen LogP contribution in [0.5, 0.6) is 0 Å². The maximum atomic E-state index is 8.92. The van der Waals surface area contributed by atoms with E-state index < -0.39 is 0 Å². The standard InChI is InChI=1S/C10H12N2O2/c1-14-7-3-2-4-8-9(5-7)12-10(6-13)11-8/h2-3,5,13H,4,6H2,1H3,(H,11,12). The summed E-state index contributed by atoms with van der Waals surface area (Å²) in [5.74, 6) is 1.37. The van der Waals surface area contributed by atoms with Gasteiger partial charge in [-0.2, -0.15) is 0 Å². The summed E-state index contributed by atoms with van der Waals surface area (Å²) in [7, 11) is 1.63. The highest BCUT2D eigenvalue weighted by molar-refractivity contribution is 5.55. The molecule has 0 atom stereocenters. The van der Waals surface area contributed by atoms with Crippen molar-refractivity contribution in [2.75, 3.05) is 7.11 Å². The Bertz CT molecular complexity index is 391. The first kappa shape index (κ1) is 9.02. The van der Waals surface area contributed by atoms with E-state index in [1.165, 1.54) is 0 Å². The van der Waals surface area contributed by atoms with Gasteiger partial charge < -0.3 is 14.8 Å². The molecule has 0 amide bonds. The minimum Gasteiger partial charge on any atom is -0.497 e. The van der Waals surface area contributed by atoms with Crippen LogP contribution in [0.1, 0.15) is 17.2 Å². The summed E-state index contributed by atoms with van der Waals surface area (Å²) in [6.07, 6.45) is 6.55. The van der Waals surface area contributed by atoms with Crippen molar-refractivity contribution in [1.82, 2.24) is 9.97 Å². The number of methoxy groups -OCH3 is 1. The van der Waals surface area contributed by atoms with Crippen molar-refractivity contribution in [3.05, 3.63) is 35.1 Å². The molecule has 0 fully saturated rings. The Labute approximate surface area is 81.9 Å². The number of nitrogens with one attached hydrogen (secondary N) is 1. The number of ether oxygens (including phenoxy) is 1. The molecule has 74 valence electrons. The van der Waals surface area contributed by atoms with Gasteiger partial charge in [0.25, 0.3) is 0 Å². The average molecular weight is 192 g/mol. The van der Waals surface area contributed by atoms with Gasteiger partial charge in [0.2, 0.25) is 0 Å². The quantitative estimate of drug-likeness (QED) is 0.735. The third-order valence-electron chi connectivity index (χ3n) is 2.13. The van der Waals surface area contributed by atoms with Gasteiger partial charge in [-0.05, 0) is 6.08 Å². The number of hydrogen-bond acceptors (Lipinski definition) is 3. The van der Waals surface area contributed by atoms with Gasteiger partial charge in [-0.25, -0.2) is 4.98 Å². The second-order valence-corrected chi connectivity index (χ2v) is 3.06. The molecule has 2 N–H and O–H groups in total. The number of H-pyrrole nitrogens is 1. The van der Waals surface area contributed by atoms with Crippen LogP contribution in [0.4, 0.5) is 0 Å². The third-order valence-corrected chi connectivity index (χ3v) is 2.13. The van der Waals surface area contributed by atoms with Gasteiger partial charge in [0.1, 0.15) is 18.2 Å².